The van der Waals surface area contributed by atoms with E-state index in [1.807, 2.05) is 31.2 Å². The number of carbonyl (C=O) groups is 1. The second-order valence-electron chi connectivity index (χ2n) is 7.66. The van der Waals surface area contributed by atoms with Crippen molar-refractivity contribution < 1.29 is 22.7 Å². The van der Waals surface area contributed by atoms with Crippen molar-refractivity contribution in [1.29, 1.82) is 0 Å². The number of sulfonamides is 1. The fourth-order valence-corrected chi connectivity index (χ4v) is 5.13. The van der Waals surface area contributed by atoms with Crippen molar-refractivity contribution in [2.75, 3.05) is 23.3 Å². The van der Waals surface area contributed by atoms with Crippen molar-refractivity contribution in [3.05, 3.63) is 77.3 Å². The highest BCUT2D eigenvalue weighted by Gasteiger charge is 2.30. The molecule has 1 amide bonds. The van der Waals surface area contributed by atoms with Gasteiger partial charge in [0.2, 0.25) is 0 Å². The normalized spacial score (nSPS) is 15.1. The van der Waals surface area contributed by atoms with E-state index in [9.17, 15) is 13.2 Å². The molecule has 0 aromatic heterocycles. The molecule has 0 unspecified atom stereocenters. The van der Waals surface area contributed by atoms with Crippen LogP contribution in [0.1, 0.15) is 12.5 Å². The minimum absolute atomic E-state index is 0.0511. The molecule has 0 fully saturated rings. The quantitative estimate of drug-likeness (QED) is 0.531. The smallest absolute Gasteiger partial charge is 0.265 e. The first-order chi connectivity index (χ1) is 15.8. The van der Waals surface area contributed by atoms with Gasteiger partial charge in [-0.1, -0.05) is 29.8 Å². The van der Waals surface area contributed by atoms with Gasteiger partial charge in [0.15, 0.2) is 6.61 Å². The van der Waals surface area contributed by atoms with E-state index < -0.39 is 10.0 Å². The summed E-state index contributed by atoms with van der Waals surface area (Å²) in [5, 5.41) is 0.293. The Labute approximate surface area is 197 Å². The van der Waals surface area contributed by atoms with Crippen LogP contribution in [-0.2, 0) is 21.2 Å². The number of carbonyl (C=O) groups excluding carboxylic acids is 1. The molecular weight excluding hydrogens is 464 g/mol. The van der Waals surface area contributed by atoms with Gasteiger partial charge in [-0.05, 0) is 67.4 Å². The van der Waals surface area contributed by atoms with E-state index in [1.54, 1.807) is 17.0 Å². The molecule has 1 N–H and O–H groups in total. The van der Waals surface area contributed by atoms with Crippen LogP contribution in [0.15, 0.2) is 71.6 Å². The topological polar surface area (TPSA) is 84.9 Å². The maximum absolute atomic E-state index is 12.8. The summed E-state index contributed by atoms with van der Waals surface area (Å²) in [4.78, 5) is 14.6. The Morgan fingerprint density at radius 3 is 2.55 bits per heavy atom. The summed E-state index contributed by atoms with van der Waals surface area (Å²) < 4.78 is 38.6. The van der Waals surface area contributed by atoms with Gasteiger partial charge < -0.3 is 14.4 Å². The summed E-state index contributed by atoms with van der Waals surface area (Å²) in [7, 11) is -2.35. The van der Waals surface area contributed by atoms with Gasteiger partial charge in [0.05, 0.1) is 22.7 Å². The average Bonchev–Trinajstić information content (AvgIpc) is 3.13. The predicted molar refractivity (Wildman–Crippen MR) is 128 cm³/mol. The fourth-order valence-electron chi connectivity index (χ4n) is 3.82. The third-order valence-corrected chi connectivity index (χ3v) is 7.07. The Hall–Kier alpha value is -3.23. The monoisotopic (exact) mass is 486 g/mol. The van der Waals surface area contributed by atoms with Gasteiger partial charge in [-0.3, -0.25) is 9.52 Å². The van der Waals surface area contributed by atoms with Gasteiger partial charge in [-0.15, -0.1) is 0 Å². The second-order valence-corrected chi connectivity index (χ2v) is 9.75. The molecule has 3 aromatic rings. The lowest BCUT2D eigenvalue weighted by molar-refractivity contribution is -0.120. The minimum Gasteiger partial charge on any atom is -0.495 e. The molecule has 1 atom stereocenters. The highest BCUT2D eigenvalue weighted by atomic mass is 35.5. The predicted octanol–water partition coefficient (Wildman–Crippen LogP) is 4.51. The number of nitrogens with zero attached hydrogens (tertiary/aromatic N) is 1. The molecule has 0 radical (unpaired) electrons. The van der Waals surface area contributed by atoms with E-state index in [1.165, 1.54) is 37.4 Å². The molecule has 1 aliphatic rings. The first kappa shape index (κ1) is 22.9. The molecule has 0 bridgehead atoms. The number of para-hydroxylation sites is 1. The number of rotatable bonds is 7. The van der Waals surface area contributed by atoms with Crippen LogP contribution in [0.25, 0.3) is 0 Å². The van der Waals surface area contributed by atoms with Gasteiger partial charge in [0, 0.05) is 11.7 Å². The third-order valence-electron chi connectivity index (χ3n) is 5.38. The number of anilines is 2. The van der Waals surface area contributed by atoms with E-state index in [0.29, 0.717) is 22.2 Å². The highest BCUT2D eigenvalue weighted by molar-refractivity contribution is 7.92. The minimum atomic E-state index is -3.83. The zero-order chi connectivity index (χ0) is 23.6. The summed E-state index contributed by atoms with van der Waals surface area (Å²) in [5.74, 6) is 0.694. The van der Waals surface area contributed by atoms with E-state index in [4.69, 9.17) is 21.1 Å². The number of halogens is 1. The Bertz CT molecular complexity index is 1280. The number of amides is 1. The molecule has 0 saturated heterocycles. The van der Waals surface area contributed by atoms with Gasteiger partial charge in [-0.2, -0.15) is 0 Å². The van der Waals surface area contributed by atoms with Crippen LogP contribution in [0, 0.1) is 0 Å². The summed E-state index contributed by atoms with van der Waals surface area (Å²) in [6.07, 6.45) is 0.806. The number of fused-ring (bicyclic) bond motifs is 1. The third kappa shape index (κ3) is 4.91. The molecule has 4 rings (SSSR count). The zero-order valence-electron chi connectivity index (χ0n) is 18.1. The van der Waals surface area contributed by atoms with Crippen LogP contribution in [-0.4, -0.2) is 34.1 Å². The zero-order valence-corrected chi connectivity index (χ0v) is 19.7. The molecule has 33 heavy (non-hydrogen) atoms. The van der Waals surface area contributed by atoms with Crippen LogP contribution >= 0.6 is 11.6 Å². The summed E-state index contributed by atoms with van der Waals surface area (Å²) in [6.45, 7) is 1.86. The standard InChI is InChI=1S/C24H23ClN2O5S/c1-16-13-17-5-3-4-6-22(17)27(16)24(28)15-32-19-8-10-20(11-9-19)33(29,30)26-18-7-12-23(31-2)21(25)14-18/h3-12,14,16,26H,13,15H2,1-2H3/t16-/m0/s1. The van der Waals surface area contributed by atoms with Crippen molar-refractivity contribution in [2.24, 2.45) is 0 Å². The molecule has 7 nitrogen and oxygen atoms in total. The van der Waals surface area contributed by atoms with Crippen molar-refractivity contribution in [2.45, 2.75) is 24.3 Å². The first-order valence-corrected chi connectivity index (χ1v) is 12.1. The van der Waals surface area contributed by atoms with Crippen LogP contribution in [0.2, 0.25) is 5.02 Å². The SMILES string of the molecule is COc1ccc(NS(=O)(=O)c2ccc(OCC(=O)N3c4ccccc4C[C@@H]3C)cc2)cc1Cl. The van der Waals surface area contributed by atoms with Gasteiger partial charge in [-0.25, -0.2) is 8.42 Å². The summed E-state index contributed by atoms with van der Waals surface area (Å²) in [6, 6.07) is 18.4. The molecular formula is C24H23ClN2O5S. The lowest BCUT2D eigenvalue weighted by Crippen LogP contribution is -2.39. The average molecular weight is 487 g/mol. The van der Waals surface area contributed by atoms with Crippen molar-refractivity contribution in [3.63, 3.8) is 0 Å². The molecule has 3 aromatic carbocycles. The summed E-state index contributed by atoms with van der Waals surface area (Å²) >= 11 is 6.06. The Balaban J connectivity index is 1.40. The molecule has 0 aliphatic carbocycles. The molecule has 0 spiro atoms. The van der Waals surface area contributed by atoms with E-state index >= 15 is 0 Å². The van der Waals surface area contributed by atoms with Crippen molar-refractivity contribution in [1.82, 2.24) is 0 Å². The number of ether oxygens (including phenoxy) is 2. The largest absolute Gasteiger partial charge is 0.495 e. The molecule has 172 valence electrons. The lowest BCUT2D eigenvalue weighted by atomic mass is 10.1. The van der Waals surface area contributed by atoms with Crippen molar-refractivity contribution in [3.8, 4) is 11.5 Å². The number of methoxy groups -OCH3 is 1. The van der Waals surface area contributed by atoms with Gasteiger partial charge in [0.1, 0.15) is 11.5 Å². The van der Waals surface area contributed by atoms with Crippen LogP contribution in [0.3, 0.4) is 0 Å². The van der Waals surface area contributed by atoms with Crippen LogP contribution in [0.5, 0.6) is 11.5 Å². The number of benzene rings is 3. The molecule has 1 aliphatic heterocycles. The number of hydrogen-bond donors (Lipinski definition) is 1. The van der Waals surface area contributed by atoms with E-state index in [-0.39, 0.29) is 23.5 Å². The molecule has 9 heteroatoms. The maximum atomic E-state index is 12.8. The highest BCUT2D eigenvalue weighted by Crippen LogP contribution is 2.32. The number of hydrogen-bond acceptors (Lipinski definition) is 5. The Morgan fingerprint density at radius 2 is 1.85 bits per heavy atom. The van der Waals surface area contributed by atoms with E-state index in [0.717, 1.165) is 17.7 Å². The van der Waals surface area contributed by atoms with Crippen LogP contribution in [0.4, 0.5) is 11.4 Å². The van der Waals surface area contributed by atoms with E-state index in [2.05, 4.69) is 4.72 Å². The van der Waals surface area contributed by atoms with Gasteiger partial charge >= 0.3 is 0 Å². The fraction of sp³-hybridized carbons (Fsp3) is 0.208. The molecule has 1 heterocycles. The first-order valence-electron chi connectivity index (χ1n) is 10.3. The lowest BCUT2D eigenvalue weighted by Gasteiger charge is -2.22. The Kier molecular flexibility index (Phi) is 6.49. The maximum Gasteiger partial charge on any atom is 0.265 e. The van der Waals surface area contributed by atoms with Crippen LogP contribution < -0.4 is 19.1 Å². The number of nitrogens with one attached hydrogen (secondary N) is 1. The second kappa shape index (κ2) is 9.33. The van der Waals surface area contributed by atoms with Crippen molar-refractivity contribution >= 4 is 38.9 Å². The van der Waals surface area contributed by atoms with Gasteiger partial charge in [0.25, 0.3) is 15.9 Å². The Morgan fingerprint density at radius 1 is 1.12 bits per heavy atom. The molecule has 0 saturated carbocycles. The summed E-state index contributed by atoms with van der Waals surface area (Å²) in [5.41, 5.74) is 2.36.